The van der Waals surface area contributed by atoms with E-state index in [9.17, 15) is 9.90 Å². The Morgan fingerprint density at radius 1 is 1.16 bits per heavy atom. The largest absolute Gasteiger partial charge is 0.392 e. The average Bonchev–Trinajstić information content (AvgIpc) is 3.11. The van der Waals surface area contributed by atoms with E-state index in [1.54, 1.807) is 0 Å². The molecule has 25 heavy (non-hydrogen) atoms. The number of rotatable bonds is 6. The van der Waals surface area contributed by atoms with E-state index >= 15 is 0 Å². The Balaban J connectivity index is 1.53. The minimum atomic E-state index is 0.0414. The molecule has 2 aliphatic rings. The lowest BCUT2D eigenvalue weighted by atomic mass is 10.1. The van der Waals surface area contributed by atoms with Gasteiger partial charge in [0.25, 0.3) is 0 Å². The zero-order valence-corrected chi connectivity index (χ0v) is 14.9. The Bertz CT molecular complexity index is 596. The van der Waals surface area contributed by atoms with Crippen LogP contribution in [0, 0.1) is 0 Å². The first-order valence-corrected chi connectivity index (χ1v) is 9.26. The number of piperazine rings is 1. The van der Waals surface area contributed by atoms with Crippen molar-refractivity contribution in [2.24, 2.45) is 0 Å². The van der Waals surface area contributed by atoms with Gasteiger partial charge in [0, 0.05) is 39.3 Å². The lowest BCUT2D eigenvalue weighted by Crippen LogP contribution is -2.53. The first-order valence-electron chi connectivity index (χ1n) is 9.26. The van der Waals surface area contributed by atoms with Gasteiger partial charge in [-0.25, -0.2) is 0 Å². The van der Waals surface area contributed by atoms with E-state index in [0.29, 0.717) is 0 Å². The Hall–Kier alpha value is -1.69. The van der Waals surface area contributed by atoms with Crippen LogP contribution in [-0.4, -0.2) is 71.0 Å². The van der Waals surface area contributed by atoms with Crippen molar-refractivity contribution in [3.05, 3.63) is 48.0 Å². The predicted molar refractivity (Wildman–Crippen MR) is 99.0 cm³/mol. The van der Waals surface area contributed by atoms with Crippen LogP contribution in [0.5, 0.6) is 0 Å². The van der Waals surface area contributed by atoms with Crippen molar-refractivity contribution >= 4 is 5.91 Å². The van der Waals surface area contributed by atoms with Gasteiger partial charge in [-0.1, -0.05) is 30.3 Å². The second-order valence-electron chi connectivity index (χ2n) is 6.97. The number of amides is 1. The molecule has 2 aliphatic heterocycles. The van der Waals surface area contributed by atoms with Crippen LogP contribution in [0.2, 0.25) is 0 Å². The number of carbonyl (C=O) groups excluding carboxylic acids is 1. The van der Waals surface area contributed by atoms with E-state index in [4.69, 9.17) is 0 Å². The zero-order chi connectivity index (χ0) is 17.6. The van der Waals surface area contributed by atoms with Crippen molar-refractivity contribution < 1.29 is 9.90 Å². The van der Waals surface area contributed by atoms with E-state index in [-0.39, 0.29) is 18.6 Å². The fourth-order valence-electron chi connectivity index (χ4n) is 3.93. The van der Waals surface area contributed by atoms with Crippen molar-refractivity contribution in [1.29, 1.82) is 0 Å². The lowest BCUT2D eigenvalue weighted by molar-refractivity contribution is -0.137. The van der Waals surface area contributed by atoms with Crippen molar-refractivity contribution in [3.63, 3.8) is 0 Å². The zero-order valence-electron chi connectivity index (χ0n) is 14.9. The molecule has 0 radical (unpaired) electrons. The van der Waals surface area contributed by atoms with Gasteiger partial charge in [0.1, 0.15) is 0 Å². The molecule has 1 unspecified atom stereocenters. The van der Waals surface area contributed by atoms with Crippen LogP contribution in [0.4, 0.5) is 0 Å². The summed E-state index contributed by atoms with van der Waals surface area (Å²) in [5, 5.41) is 9.47. The molecule has 0 spiro atoms. The van der Waals surface area contributed by atoms with Crippen LogP contribution < -0.4 is 0 Å². The molecular weight excluding hydrogens is 314 g/mol. The van der Waals surface area contributed by atoms with Gasteiger partial charge in [-0.2, -0.15) is 0 Å². The van der Waals surface area contributed by atoms with Crippen LogP contribution in [0.3, 0.4) is 0 Å². The molecule has 2 fully saturated rings. The van der Waals surface area contributed by atoms with Crippen LogP contribution in [0.1, 0.15) is 24.0 Å². The third-order valence-corrected chi connectivity index (χ3v) is 5.38. The second-order valence-corrected chi connectivity index (χ2v) is 6.97. The molecule has 1 amide bonds. The van der Waals surface area contributed by atoms with Gasteiger partial charge >= 0.3 is 0 Å². The highest BCUT2D eigenvalue weighted by atomic mass is 16.3. The van der Waals surface area contributed by atoms with Crippen molar-refractivity contribution in [2.45, 2.75) is 32.0 Å². The number of hydrogen-bond donors (Lipinski definition) is 1. The quantitative estimate of drug-likeness (QED) is 0.795. The van der Waals surface area contributed by atoms with Crippen LogP contribution in [0.25, 0.3) is 0 Å². The summed E-state index contributed by atoms with van der Waals surface area (Å²) in [7, 11) is 0. The van der Waals surface area contributed by atoms with E-state index in [1.807, 2.05) is 29.2 Å². The number of nitrogens with zero attached hydrogens (tertiary/aromatic N) is 3. The first kappa shape index (κ1) is 18.1. The molecule has 5 nitrogen and oxygen atoms in total. The molecule has 1 N–H and O–H groups in total. The van der Waals surface area contributed by atoms with Crippen molar-refractivity contribution in [3.8, 4) is 0 Å². The average molecular weight is 343 g/mol. The third-order valence-electron chi connectivity index (χ3n) is 5.38. The minimum Gasteiger partial charge on any atom is -0.392 e. The predicted octanol–water partition coefficient (Wildman–Crippen LogP) is 1.47. The summed E-state index contributed by atoms with van der Waals surface area (Å²) in [4.78, 5) is 19.5. The summed E-state index contributed by atoms with van der Waals surface area (Å²) >= 11 is 0. The Morgan fingerprint density at radius 2 is 1.88 bits per heavy atom. The molecule has 0 saturated carbocycles. The Labute approximate surface area is 150 Å². The van der Waals surface area contributed by atoms with Crippen molar-refractivity contribution in [1.82, 2.24) is 14.7 Å². The van der Waals surface area contributed by atoms with E-state index < -0.39 is 0 Å². The second kappa shape index (κ2) is 8.61. The SMILES string of the molecule is C=CCN1CCCC1C(=O)N1CCN(Cc2ccccc2CO)CC1. The maximum absolute atomic E-state index is 12.8. The van der Waals surface area contributed by atoms with E-state index in [2.05, 4.69) is 22.4 Å². The van der Waals surface area contributed by atoms with E-state index in [1.165, 1.54) is 5.56 Å². The molecule has 3 rings (SSSR count). The molecule has 1 aromatic rings. The minimum absolute atomic E-state index is 0.0414. The van der Waals surface area contributed by atoms with Crippen molar-refractivity contribution in [2.75, 3.05) is 39.3 Å². The summed E-state index contributed by atoms with van der Waals surface area (Å²) < 4.78 is 0. The number of likely N-dealkylation sites (tertiary alicyclic amines) is 1. The summed E-state index contributed by atoms with van der Waals surface area (Å²) in [6.45, 7) is 9.88. The number of benzene rings is 1. The van der Waals surface area contributed by atoms with Gasteiger partial charge < -0.3 is 10.0 Å². The van der Waals surface area contributed by atoms with Crippen LogP contribution in [-0.2, 0) is 17.9 Å². The molecule has 2 saturated heterocycles. The fourth-order valence-corrected chi connectivity index (χ4v) is 3.93. The smallest absolute Gasteiger partial charge is 0.240 e. The number of hydrogen-bond acceptors (Lipinski definition) is 4. The molecule has 2 heterocycles. The first-order chi connectivity index (χ1) is 12.2. The molecule has 0 aromatic heterocycles. The Kier molecular flexibility index (Phi) is 6.24. The molecule has 1 atom stereocenters. The molecule has 0 bridgehead atoms. The molecular formula is C20H29N3O2. The van der Waals surface area contributed by atoms with Crippen LogP contribution >= 0.6 is 0 Å². The number of aliphatic hydroxyl groups is 1. The van der Waals surface area contributed by atoms with Gasteiger partial charge in [-0.15, -0.1) is 6.58 Å². The monoisotopic (exact) mass is 343 g/mol. The van der Waals surface area contributed by atoms with Gasteiger partial charge in [-0.3, -0.25) is 14.6 Å². The summed E-state index contributed by atoms with van der Waals surface area (Å²) in [6.07, 6.45) is 3.96. The lowest BCUT2D eigenvalue weighted by Gasteiger charge is -2.37. The van der Waals surface area contributed by atoms with Gasteiger partial charge in [0.15, 0.2) is 0 Å². The number of carbonyl (C=O) groups is 1. The highest BCUT2D eigenvalue weighted by Gasteiger charge is 2.34. The molecule has 0 aliphatic carbocycles. The van der Waals surface area contributed by atoms with Gasteiger partial charge in [-0.05, 0) is 30.5 Å². The summed E-state index contributed by atoms with van der Waals surface area (Å²) in [5.74, 6) is 0.287. The normalized spacial score (nSPS) is 22.3. The summed E-state index contributed by atoms with van der Waals surface area (Å²) in [5.41, 5.74) is 2.17. The maximum Gasteiger partial charge on any atom is 0.240 e. The summed E-state index contributed by atoms with van der Waals surface area (Å²) in [6, 6.07) is 8.07. The molecule has 5 heteroatoms. The van der Waals surface area contributed by atoms with E-state index in [0.717, 1.165) is 64.2 Å². The molecule has 1 aromatic carbocycles. The highest BCUT2D eigenvalue weighted by molar-refractivity contribution is 5.82. The Morgan fingerprint density at radius 3 is 2.56 bits per heavy atom. The maximum atomic E-state index is 12.8. The third kappa shape index (κ3) is 4.29. The van der Waals surface area contributed by atoms with Gasteiger partial charge in [0.2, 0.25) is 5.91 Å². The topological polar surface area (TPSA) is 47.0 Å². The number of aliphatic hydroxyl groups excluding tert-OH is 1. The standard InChI is InChI=1S/C20H29N3O2/c1-2-9-22-10-5-8-19(22)20(25)23-13-11-21(12-14-23)15-17-6-3-4-7-18(17)16-24/h2-4,6-7,19,24H,1,5,8-16H2. The van der Waals surface area contributed by atoms with Gasteiger partial charge in [0.05, 0.1) is 12.6 Å². The molecule has 136 valence electrons. The van der Waals surface area contributed by atoms with Crippen LogP contribution in [0.15, 0.2) is 36.9 Å². The highest BCUT2D eigenvalue weighted by Crippen LogP contribution is 2.20. The fraction of sp³-hybridized carbons (Fsp3) is 0.550.